The molecule has 0 atom stereocenters. The Bertz CT molecular complexity index is 733. The molecule has 5 aliphatic rings. The van der Waals surface area contributed by atoms with E-state index >= 15 is 0 Å². The quantitative estimate of drug-likeness (QED) is 0.286. The van der Waals surface area contributed by atoms with Gasteiger partial charge in [-0.3, -0.25) is 4.90 Å². The second-order valence-corrected chi connectivity index (χ2v) is 15.1. The summed E-state index contributed by atoms with van der Waals surface area (Å²) in [5, 5.41) is 0. The number of methoxy groups -OCH3 is 1. The molecule has 5 fully saturated rings. The summed E-state index contributed by atoms with van der Waals surface area (Å²) in [6.45, 7) is 4.93. The van der Waals surface area contributed by atoms with Crippen molar-refractivity contribution in [2.75, 3.05) is 7.11 Å². The van der Waals surface area contributed by atoms with Crippen molar-refractivity contribution in [2.45, 2.75) is 166 Å². The van der Waals surface area contributed by atoms with Crippen molar-refractivity contribution in [2.24, 2.45) is 35.5 Å². The lowest BCUT2D eigenvalue weighted by atomic mass is 9.77. The van der Waals surface area contributed by atoms with Gasteiger partial charge in [0.05, 0.1) is 6.10 Å². The van der Waals surface area contributed by atoms with Gasteiger partial charge < -0.3 is 4.74 Å². The van der Waals surface area contributed by atoms with Crippen LogP contribution >= 0.6 is 0 Å². The van der Waals surface area contributed by atoms with Crippen molar-refractivity contribution in [1.82, 2.24) is 4.90 Å². The van der Waals surface area contributed by atoms with E-state index in [1.807, 2.05) is 7.11 Å². The number of ether oxygens (including phenoxy) is 1. The molecule has 0 unspecified atom stereocenters. The molecule has 0 bridgehead atoms. The first kappa shape index (κ1) is 29.9. The first-order valence-electron chi connectivity index (χ1n) is 17.7. The SMILES string of the molecule is COC1CCC(C=CC2CCC(N(C3CCC(C)CC3)C3CCC(C=CC4CCC(C)CC4)CC3)CC2)CC1. The summed E-state index contributed by atoms with van der Waals surface area (Å²) >= 11 is 0. The maximum atomic E-state index is 5.59. The number of hydrogen-bond donors (Lipinski definition) is 0. The second-order valence-electron chi connectivity index (χ2n) is 15.1. The highest BCUT2D eigenvalue weighted by molar-refractivity contribution is 5.01. The van der Waals surface area contributed by atoms with Crippen molar-refractivity contribution in [3.05, 3.63) is 24.3 Å². The highest BCUT2D eigenvalue weighted by Gasteiger charge is 2.37. The molecule has 0 amide bonds. The van der Waals surface area contributed by atoms with Crippen LogP contribution in [0.5, 0.6) is 0 Å². The van der Waals surface area contributed by atoms with E-state index in [4.69, 9.17) is 4.74 Å². The third-order valence-corrected chi connectivity index (χ3v) is 12.2. The molecule has 0 aromatic heterocycles. The highest BCUT2D eigenvalue weighted by Crippen LogP contribution is 2.40. The van der Waals surface area contributed by atoms with Gasteiger partial charge in [-0.2, -0.15) is 0 Å². The van der Waals surface area contributed by atoms with Crippen LogP contribution < -0.4 is 0 Å². The van der Waals surface area contributed by atoms with Gasteiger partial charge in [0.25, 0.3) is 0 Å². The molecule has 5 aliphatic carbocycles. The summed E-state index contributed by atoms with van der Waals surface area (Å²) in [5.41, 5.74) is 0. The number of hydrogen-bond acceptors (Lipinski definition) is 2. The fraction of sp³-hybridized carbons (Fsp3) is 0.892. The van der Waals surface area contributed by atoms with Crippen LogP contribution in [0.2, 0.25) is 0 Å². The van der Waals surface area contributed by atoms with Crippen LogP contribution in [-0.2, 0) is 4.74 Å². The summed E-state index contributed by atoms with van der Waals surface area (Å²) in [5.74, 6) is 5.29. The molecule has 0 aromatic carbocycles. The van der Waals surface area contributed by atoms with E-state index in [1.165, 1.54) is 128 Å². The zero-order valence-corrected chi connectivity index (χ0v) is 26.1. The van der Waals surface area contributed by atoms with Gasteiger partial charge in [0.1, 0.15) is 0 Å². The monoisotopic (exact) mass is 537 g/mol. The third kappa shape index (κ3) is 8.70. The van der Waals surface area contributed by atoms with E-state index in [9.17, 15) is 0 Å². The summed E-state index contributed by atoms with van der Waals surface area (Å²) in [6.07, 6.45) is 39.4. The molecule has 5 rings (SSSR count). The molecule has 0 radical (unpaired) electrons. The van der Waals surface area contributed by atoms with Crippen molar-refractivity contribution in [1.29, 1.82) is 0 Å². The molecule has 2 heteroatoms. The lowest BCUT2D eigenvalue weighted by Crippen LogP contribution is -2.52. The Morgan fingerprint density at radius 3 is 1.05 bits per heavy atom. The minimum Gasteiger partial charge on any atom is -0.381 e. The van der Waals surface area contributed by atoms with Crippen molar-refractivity contribution in [3.63, 3.8) is 0 Å². The van der Waals surface area contributed by atoms with E-state index in [2.05, 4.69) is 43.1 Å². The molecular weight excluding hydrogens is 474 g/mol. The Labute approximate surface area is 242 Å². The van der Waals surface area contributed by atoms with E-state index in [0.29, 0.717) is 6.10 Å². The smallest absolute Gasteiger partial charge is 0.0571 e. The molecule has 0 heterocycles. The maximum absolute atomic E-state index is 5.59. The van der Waals surface area contributed by atoms with Crippen LogP contribution in [0.25, 0.3) is 0 Å². The predicted molar refractivity (Wildman–Crippen MR) is 167 cm³/mol. The molecule has 5 saturated carbocycles. The van der Waals surface area contributed by atoms with Gasteiger partial charge in [-0.1, -0.05) is 51.0 Å². The average molecular weight is 538 g/mol. The molecule has 0 aromatic rings. The maximum Gasteiger partial charge on any atom is 0.0571 e. The molecule has 0 N–H and O–H groups in total. The lowest BCUT2D eigenvalue weighted by Gasteiger charge is -2.49. The van der Waals surface area contributed by atoms with E-state index in [-0.39, 0.29) is 0 Å². The summed E-state index contributed by atoms with van der Waals surface area (Å²) in [6, 6.07) is 2.58. The van der Waals surface area contributed by atoms with Crippen molar-refractivity contribution < 1.29 is 4.74 Å². The highest BCUT2D eigenvalue weighted by atomic mass is 16.5. The predicted octanol–water partition coefficient (Wildman–Crippen LogP) is 10.1. The molecule has 222 valence electrons. The largest absolute Gasteiger partial charge is 0.381 e. The third-order valence-electron chi connectivity index (χ3n) is 12.2. The van der Waals surface area contributed by atoms with Crippen LogP contribution in [0.1, 0.15) is 142 Å². The van der Waals surface area contributed by atoms with Crippen LogP contribution in [-0.4, -0.2) is 36.2 Å². The summed E-state index contributed by atoms with van der Waals surface area (Å²) in [7, 11) is 1.89. The first-order chi connectivity index (χ1) is 19.1. The molecule has 0 aliphatic heterocycles. The van der Waals surface area contributed by atoms with Gasteiger partial charge in [-0.25, -0.2) is 0 Å². The summed E-state index contributed by atoms with van der Waals surface area (Å²) < 4.78 is 5.59. The van der Waals surface area contributed by atoms with Gasteiger partial charge in [-0.05, 0) is 151 Å². The van der Waals surface area contributed by atoms with E-state index in [0.717, 1.165) is 53.6 Å². The zero-order chi connectivity index (χ0) is 27.0. The second kappa shape index (κ2) is 15.0. The fourth-order valence-corrected chi connectivity index (χ4v) is 9.24. The van der Waals surface area contributed by atoms with Crippen LogP contribution in [0, 0.1) is 35.5 Å². The van der Waals surface area contributed by atoms with Gasteiger partial charge in [0, 0.05) is 25.2 Å². The number of allylic oxidation sites excluding steroid dienone is 4. The van der Waals surface area contributed by atoms with E-state index < -0.39 is 0 Å². The fourth-order valence-electron chi connectivity index (χ4n) is 9.24. The first-order valence-corrected chi connectivity index (χ1v) is 17.7. The number of rotatable bonds is 8. The molecular formula is C37H63NO. The normalized spacial score (nSPS) is 42.9. The van der Waals surface area contributed by atoms with Gasteiger partial charge in [0.2, 0.25) is 0 Å². The summed E-state index contributed by atoms with van der Waals surface area (Å²) in [4.78, 5) is 3.17. The van der Waals surface area contributed by atoms with E-state index in [1.54, 1.807) is 0 Å². The van der Waals surface area contributed by atoms with Crippen LogP contribution in [0.4, 0.5) is 0 Å². The van der Waals surface area contributed by atoms with Gasteiger partial charge >= 0.3 is 0 Å². The Morgan fingerprint density at radius 2 is 0.692 bits per heavy atom. The Balaban J connectivity index is 1.12. The van der Waals surface area contributed by atoms with Gasteiger partial charge in [0.15, 0.2) is 0 Å². The van der Waals surface area contributed by atoms with Gasteiger partial charge in [-0.15, -0.1) is 0 Å². The minimum absolute atomic E-state index is 0.519. The topological polar surface area (TPSA) is 12.5 Å². The lowest BCUT2D eigenvalue weighted by molar-refractivity contribution is 0.00948. The Morgan fingerprint density at radius 1 is 0.410 bits per heavy atom. The molecule has 2 nitrogen and oxygen atoms in total. The number of nitrogens with zero attached hydrogens (tertiary/aromatic N) is 1. The average Bonchev–Trinajstić information content (AvgIpc) is 2.98. The Hall–Kier alpha value is -0.600. The molecule has 0 spiro atoms. The molecule has 0 saturated heterocycles. The van der Waals surface area contributed by atoms with Crippen molar-refractivity contribution in [3.8, 4) is 0 Å². The van der Waals surface area contributed by atoms with Crippen LogP contribution in [0.15, 0.2) is 24.3 Å². The van der Waals surface area contributed by atoms with Crippen LogP contribution in [0.3, 0.4) is 0 Å². The molecule has 39 heavy (non-hydrogen) atoms. The van der Waals surface area contributed by atoms with Crippen molar-refractivity contribution >= 4 is 0 Å². The minimum atomic E-state index is 0.519. The standard InChI is InChI=1S/C37H63NO/c1-28-4-8-30(9-5-28)10-11-31-14-22-35(23-15-31)38(34-20-6-29(2)7-21-34)36-24-16-32(17-25-36)12-13-33-18-26-37(39-3)27-19-33/h10-13,28-37H,4-9,14-27H2,1-3H3. The Kier molecular flexibility index (Phi) is 11.5. The zero-order valence-electron chi connectivity index (χ0n) is 26.1.